The van der Waals surface area contributed by atoms with Gasteiger partial charge >= 0.3 is 49.5 Å². The van der Waals surface area contributed by atoms with Gasteiger partial charge in [-0.2, -0.15) is 43.8 Å². The van der Waals surface area contributed by atoms with Crippen molar-refractivity contribution in [1.29, 1.82) is 5.26 Å². The third kappa shape index (κ3) is 57.8. The number of methoxy groups -OCH3 is 4. The van der Waals surface area contributed by atoms with Crippen molar-refractivity contribution in [1.82, 2.24) is 21.3 Å². The first-order valence-corrected chi connectivity index (χ1v) is 41.4. The summed E-state index contributed by atoms with van der Waals surface area (Å²) < 4.78 is 65.3. The van der Waals surface area contributed by atoms with Gasteiger partial charge in [0.1, 0.15) is 74.1 Å². The number of nitrogens with one attached hydrogen (secondary N) is 4. The SMILES string of the molecule is CCC(=O)NC(CNC)C(=O)CCOPOCCC#N.[C-]#[N+]CCOPOCC(=O)CCC(=O)NCOC(c1ccccc1)(c1ccc(OC)cc1)c1ccc(OC)cc1.[C-]#[N+]CCOPOCC(=O)CCC(=O)NCOC(c1ccccc1)(c1ccc(OC)cc1)c1ccc(OC)cc1.[CH2-]CC.[CH2-]CC.[CH2-]CC.[CH2-]CC.[CH2-]CC.[CH2-]CC.[Ni+2].[Ni+2].[Ni+2]. The second kappa shape index (κ2) is 86.3. The molecule has 6 rings (SSSR count). The molecule has 0 aromatic heterocycles. The molecule has 0 aliphatic heterocycles. The second-order valence-electron chi connectivity index (χ2n) is 24.0. The summed E-state index contributed by atoms with van der Waals surface area (Å²) in [7, 11) is 7.35. The van der Waals surface area contributed by atoms with E-state index in [0.717, 1.165) is 71.9 Å². The van der Waals surface area contributed by atoms with Gasteiger partial charge in [-0.3, -0.25) is 28.8 Å². The molecule has 4 unspecified atom stereocenters. The van der Waals surface area contributed by atoms with E-state index in [1.165, 1.54) is 0 Å². The van der Waals surface area contributed by atoms with E-state index in [1.54, 1.807) is 42.4 Å². The van der Waals surface area contributed by atoms with Crippen molar-refractivity contribution >= 4 is 62.2 Å². The van der Waals surface area contributed by atoms with Crippen molar-refractivity contribution in [3.63, 3.8) is 0 Å². The molecule has 0 heterocycles. The molecule has 0 saturated carbocycles. The molecule has 4 atom stereocenters. The number of ketones is 3. The number of nitrogens with zero attached hydrogens (tertiary/aromatic N) is 3. The van der Waals surface area contributed by atoms with E-state index in [9.17, 15) is 28.8 Å². The Bertz CT molecular complexity index is 3320. The third-order valence-electron chi connectivity index (χ3n) is 14.4. The minimum absolute atomic E-state index is 0. The van der Waals surface area contributed by atoms with Gasteiger partial charge in [0, 0.05) is 45.1 Å². The molecule has 0 spiro atoms. The molecule has 0 saturated heterocycles. The van der Waals surface area contributed by atoms with Crippen molar-refractivity contribution in [3.8, 4) is 29.1 Å². The first-order valence-electron chi connectivity index (χ1n) is 39.0. The van der Waals surface area contributed by atoms with Gasteiger partial charge in [-0.15, -0.1) is 0 Å². The summed E-state index contributed by atoms with van der Waals surface area (Å²) in [6, 6.07) is 51.3. The van der Waals surface area contributed by atoms with Gasteiger partial charge in [0.2, 0.25) is 30.8 Å². The molecule has 121 heavy (non-hydrogen) atoms. The Morgan fingerprint density at radius 3 is 0.992 bits per heavy atom. The van der Waals surface area contributed by atoms with E-state index in [2.05, 4.69) is 72.5 Å². The molecular weight excluding hydrogens is 1740 g/mol. The van der Waals surface area contributed by atoms with Gasteiger partial charge < -0.3 is 128 Å². The van der Waals surface area contributed by atoms with Gasteiger partial charge in [-0.1, -0.05) is 158 Å². The van der Waals surface area contributed by atoms with Crippen LogP contribution in [0.3, 0.4) is 0 Å². The monoisotopic (exact) mass is 1860 g/mol. The fourth-order valence-electron chi connectivity index (χ4n) is 9.29. The minimum Gasteiger partial charge on any atom is -0.497 e. The van der Waals surface area contributed by atoms with Crippen LogP contribution in [0.4, 0.5) is 0 Å². The van der Waals surface area contributed by atoms with Crippen molar-refractivity contribution in [3.05, 3.63) is 255 Å². The third-order valence-corrected chi connectivity index (χ3v) is 16.2. The number of carbonyl (C=O) groups excluding carboxylic acids is 6. The standard InChI is InChI=1S/2C30H33N2O7P.C12H22N3O4P.6C3H7.3Ni/c2*1-31-19-20-38-40-39-21-26(33)13-18-29(34)32-22-37-30(23-7-5-4-6-8-23,24-9-14-27(35-2)15-10-24)25-11-16-28(36-3)17-12-25;1-3-12(17)15-10(9-14-2)11(16)5-8-19-20-18-7-4-6-13;6*1-3-2;;;/h2*4-12,14-17,40H,13,18-22H2,2-3H3,(H,32,34);10,14,20H,3-5,7-9H2,1-2H3,(H,15,17);6*1,3H2,2H3;;;/q;;;6*-1;3*+2. The van der Waals surface area contributed by atoms with Crippen LogP contribution < -0.4 is 40.2 Å². The van der Waals surface area contributed by atoms with E-state index in [1.807, 2.05) is 205 Å². The van der Waals surface area contributed by atoms with E-state index in [-0.39, 0.29) is 203 Å². The number of ether oxygens (including phenoxy) is 6. The zero-order valence-corrected chi connectivity index (χ0v) is 78.4. The Balaban J connectivity index is -0.000000381. The molecule has 0 radical (unpaired) electrons. The number of likely N-dealkylation sites (N-methyl/N-ethyl adjacent to an activating group) is 1. The van der Waals surface area contributed by atoms with E-state index in [0.29, 0.717) is 49.0 Å². The minimum atomic E-state index is -1.06. The Kier molecular flexibility index (Phi) is 88.9. The molecule has 678 valence electrons. The summed E-state index contributed by atoms with van der Waals surface area (Å²) in [4.78, 5) is 78.9. The summed E-state index contributed by atoms with van der Waals surface area (Å²) in [5, 5.41) is 19.4. The van der Waals surface area contributed by atoms with Crippen molar-refractivity contribution < 1.29 is 134 Å². The summed E-state index contributed by atoms with van der Waals surface area (Å²) >= 11 is 0. The quantitative estimate of drug-likeness (QED) is 0.00689. The van der Waals surface area contributed by atoms with Crippen LogP contribution >= 0.6 is 27.1 Å². The molecule has 0 fully saturated rings. The summed E-state index contributed by atoms with van der Waals surface area (Å²) in [6.45, 7) is 49.6. The summed E-state index contributed by atoms with van der Waals surface area (Å²) in [6.07, 6.45) is 6.93. The normalized spacial score (nSPS) is 10.3. The fourth-order valence-corrected chi connectivity index (χ4v) is 10.7. The van der Waals surface area contributed by atoms with Crippen LogP contribution in [-0.4, -0.2) is 149 Å². The van der Waals surface area contributed by atoms with Crippen LogP contribution in [-0.2, 0) is 126 Å². The number of amides is 3. The molecule has 4 N–H and O–H groups in total. The topological polar surface area (TPSA) is 294 Å². The molecule has 25 nitrogen and oxygen atoms in total. The maximum absolute atomic E-state index is 12.6. The van der Waals surface area contributed by atoms with E-state index >= 15 is 0 Å². The van der Waals surface area contributed by atoms with Crippen LogP contribution in [0.25, 0.3) is 9.69 Å². The number of hydrogen-bond donors (Lipinski definition) is 4. The summed E-state index contributed by atoms with van der Waals surface area (Å²) in [5.41, 5.74) is 2.96. The predicted molar refractivity (Wildman–Crippen MR) is 475 cm³/mol. The first-order chi connectivity index (χ1) is 57.2. The first kappa shape index (κ1) is 125. The number of carbonyl (C=O) groups is 6. The average molecular weight is 1870 g/mol. The molecule has 6 aromatic rings. The zero-order valence-electron chi connectivity index (χ0n) is 72.4. The van der Waals surface area contributed by atoms with Crippen LogP contribution in [0.1, 0.15) is 165 Å². The number of hydrogen-bond acceptors (Lipinski definition) is 20. The number of Topliss-reactive ketones (excluding diaryl/α,β-unsaturated/α-hetero) is 3. The van der Waals surface area contributed by atoms with Gasteiger partial charge in [0.25, 0.3) is 0 Å². The van der Waals surface area contributed by atoms with Crippen LogP contribution in [0.2, 0.25) is 0 Å². The largest absolute Gasteiger partial charge is 2.00 e. The maximum atomic E-state index is 12.6. The Labute approximate surface area is 759 Å². The van der Waals surface area contributed by atoms with Gasteiger partial charge in [-0.25, -0.2) is 13.1 Å². The molecular formula is C90H130N7Ni3O18P3. The number of nitriles is 1. The Morgan fingerprint density at radius 1 is 0.421 bits per heavy atom. The molecule has 31 heteroatoms. The summed E-state index contributed by atoms with van der Waals surface area (Å²) in [5.74, 6) is 1.52. The molecule has 6 aromatic carbocycles. The second-order valence-corrected chi connectivity index (χ2v) is 26.2. The van der Waals surface area contributed by atoms with E-state index in [4.69, 9.17) is 74.0 Å². The van der Waals surface area contributed by atoms with Gasteiger partial charge in [0.15, 0.2) is 44.5 Å². The maximum Gasteiger partial charge on any atom is 2.00 e. The van der Waals surface area contributed by atoms with Crippen LogP contribution in [0.15, 0.2) is 158 Å². The van der Waals surface area contributed by atoms with Gasteiger partial charge in [0.05, 0.1) is 60.2 Å². The molecule has 0 aliphatic carbocycles. The average Bonchev–Trinajstić information content (AvgIpc) is 0.761. The number of rotatable bonds is 46. The smallest absolute Gasteiger partial charge is 0.497 e. The Morgan fingerprint density at radius 2 is 0.711 bits per heavy atom. The van der Waals surface area contributed by atoms with Crippen molar-refractivity contribution in [2.45, 2.75) is 149 Å². The number of benzene rings is 6. The zero-order chi connectivity index (χ0) is 88.7. The predicted octanol–water partition coefficient (Wildman–Crippen LogP) is 17.7. The van der Waals surface area contributed by atoms with Crippen molar-refractivity contribution in [2.24, 2.45) is 0 Å². The Hall–Kier alpha value is -7.18. The molecule has 0 aliphatic rings. The molecule has 3 amide bonds. The molecule has 0 bridgehead atoms. The van der Waals surface area contributed by atoms with Crippen LogP contribution in [0, 0.1) is 66.0 Å². The fraction of sp³-hybridized carbons (Fsp3) is 0.433. The van der Waals surface area contributed by atoms with Gasteiger partial charge in [-0.05, 0) is 89.0 Å². The van der Waals surface area contributed by atoms with Crippen molar-refractivity contribution in [2.75, 3.05) is 108 Å². The van der Waals surface area contributed by atoms with E-state index < -0.39 is 17.2 Å². The van der Waals surface area contributed by atoms with Crippen LogP contribution in [0.5, 0.6) is 23.0 Å².